The molecule has 0 spiro atoms. The summed E-state index contributed by atoms with van der Waals surface area (Å²) in [6, 6.07) is 14.7. The number of benzene rings is 2. The van der Waals surface area contributed by atoms with E-state index in [2.05, 4.69) is 36.2 Å². The van der Waals surface area contributed by atoms with Gasteiger partial charge in [0.15, 0.2) is 5.58 Å². The van der Waals surface area contributed by atoms with Crippen molar-refractivity contribution in [2.24, 2.45) is 0 Å². The number of hydrogen-bond donors (Lipinski definition) is 1. The highest BCUT2D eigenvalue weighted by molar-refractivity contribution is 5.82. The molecular weight excluding hydrogens is 342 g/mol. The Morgan fingerprint density at radius 2 is 1.89 bits per heavy atom. The molecule has 0 saturated heterocycles. The lowest BCUT2D eigenvalue weighted by Gasteiger charge is -2.25. The number of nitrogens with zero attached hydrogens (tertiary/aromatic N) is 2. The van der Waals surface area contributed by atoms with Gasteiger partial charge >= 0.3 is 5.76 Å². The van der Waals surface area contributed by atoms with Gasteiger partial charge in [-0.25, -0.2) is 4.79 Å². The molecule has 27 heavy (non-hydrogen) atoms. The normalized spacial score (nSPS) is 12.1. The van der Waals surface area contributed by atoms with Crippen molar-refractivity contribution in [2.75, 3.05) is 24.5 Å². The fourth-order valence-electron chi connectivity index (χ4n) is 3.30. The van der Waals surface area contributed by atoms with E-state index in [4.69, 9.17) is 4.42 Å². The number of anilines is 1. The number of likely N-dealkylation sites (N-methyl/N-ethyl adjacent to an activating group) is 1. The Morgan fingerprint density at radius 1 is 1.19 bits per heavy atom. The molecule has 0 fully saturated rings. The predicted octanol–water partition coefficient (Wildman–Crippen LogP) is 3.11. The summed E-state index contributed by atoms with van der Waals surface area (Å²) < 4.78 is 6.61. The van der Waals surface area contributed by atoms with Crippen molar-refractivity contribution in [1.29, 1.82) is 0 Å². The molecule has 1 atom stereocenters. The molecule has 142 valence electrons. The minimum absolute atomic E-state index is 0.204. The number of carbonyl (C=O) groups excluding carboxylic acids is 1. The third kappa shape index (κ3) is 3.89. The molecule has 6 nitrogen and oxygen atoms in total. The maximum Gasteiger partial charge on any atom is 0.420 e. The molecule has 3 rings (SSSR count). The SMILES string of the molecule is CCN(CCNC(=O)C(C)n1c(=O)oc2ccccc21)c1ccccc1C. The molecule has 0 aliphatic carbocycles. The van der Waals surface area contributed by atoms with Crippen LogP contribution in [0.4, 0.5) is 5.69 Å². The van der Waals surface area contributed by atoms with Gasteiger partial charge < -0.3 is 14.6 Å². The van der Waals surface area contributed by atoms with E-state index in [0.29, 0.717) is 24.2 Å². The Morgan fingerprint density at radius 3 is 2.63 bits per heavy atom. The molecule has 0 bridgehead atoms. The summed E-state index contributed by atoms with van der Waals surface area (Å²) in [5.74, 6) is -0.724. The zero-order chi connectivity index (χ0) is 19.4. The van der Waals surface area contributed by atoms with E-state index in [-0.39, 0.29) is 5.91 Å². The van der Waals surface area contributed by atoms with Gasteiger partial charge in [0.2, 0.25) is 5.91 Å². The number of rotatable bonds is 7. The molecule has 1 unspecified atom stereocenters. The van der Waals surface area contributed by atoms with Crippen LogP contribution in [0.3, 0.4) is 0 Å². The summed E-state index contributed by atoms with van der Waals surface area (Å²) in [5.41, 5.74) is 3.48. The highest BCUT2D eigenvalue weighted by Gasteiger charge is 2.21. The van der Waals surface area contributed by atoms with E-state index in [1.165, 1.54) is 15.8 Å². The molecular formula is C21H25N3O3. The Bertz CT molecular complexity index is 990. The van der Waals surface area contributed by atoms with E-state index >= 15 is 0 Å². The molecule has 0 aliphatic heterocycles. The quantitative estimate of drug-likeness (QED) is 0.697. The second-order valence-corrected chi connectivity index (χ2v) is 6.54. The van der Waals surface area contributed by atoms with E-state index in [1.54, 1.807) is 25.1 Å². The van der Waals surface area contributed by atoms with Crippen molar-refractivity contribution in [3.05, 3.63) is 64.6 Å². The maximum absolute atomic E-state index is 12.6. The van der Waals surface area contributed by atoms with Crippen molar-refractivity contribution in [3.8, 4) is 0 Å². The maximum atomic E-state index is 12.6. The van der Waals surface area contributed by atoms with Gasteiger partial charge in [0, 0.05) is 25.3 Å². The molecule has 6 heteroatoms. The van der Waals surface area contributed by atoms with E-state index in [0.717, 1.165) is 6.54 Å². The van der Waals surface area contributed by atoms with Crippen molar-refractivity contribution in [1.82, 2.24) is 9.88 Å². The van der Waals surface area contributed by atoms with Crippen molar-refractivity contribution < 1.29 is 9.21 Å². The molecule has 3 aromatic rings. The third-order valence-corrected chi connectivity index (χ3v) is 4.80. The van der Waals surface area contributed by atoms with Crippen LogP contribution in [0, 0.1) is 6.92 Å². The topological polar surface area (TPSA) is 67.5 Å². The first-order chi connectivity index (χ1) is 13.0. The number of aryl methyl sites for hydroxylation is 1. The number of oxazole rings is 1. The van der Waals surface area contributed by atoms with Crippen molar-refractivity contribution in [2.45, 2.75) is 26.8 Å². The molecule has 1 aromatic heterocycles. The van der Waals surface area contributed by atoms with Gasteiger partial charge in [-0.05, 0) is 44.5 Å². The largest absolute Gasteiger partial charge is 0.420 e. The van der Waals surface area contributed by atoms with E-state index in [9.17, 15) is 9.59 Å². The summed E-state index contributed by atoms with van der Waals surface area (Å²) in [6.07, 6.45) is 0. The lowest BCUT2D eigenvalue weighted by atomic mass is 10.2. The molecule has 0 aliphatic rings. The molecule has 1 N–H and O–H groups in total. The molecule has 1 heterocycles. The number of nitrogens with one attached hydrogen (secondary N) is 1. The average molecular weight is 367 g/mol. The summed E-state index contributed by atoms with van der Waals surface area (Å²) in [5, 5.41) is 2.93. The summed E-state index contributed by atoms with van der Waals surface area (Å²) in [6.45, 7) is 7.92. The Hall–Kier alpha value is -3.02. The van der Waals surface area contributed by atoms with Crippen LogP contribution in [0.15, 0.2) is 57.7 Å². The van der Waals surface area contributed by atoms with Crippen molar-refractivity contribution >= 4 is 22.7 Å². The van der Waals surface area contributed by atoms with Gasteiger partial charge in [0.05, 0.1) is 5.52 Å². The lowest BCUT2D eigenvalue weighted by Crippen LogP contribution is -2.39. The molecule has 0 radical (unpaired) electrons. The monoisotopic (exact) mass is 367 g/mol. The molecule has 1 amide bonds. The van der Waals surface area contributed by atoms with Gasteiger partial charge in [-0.15, -0.1) is 0 Å². The Kier molecular flexibility index (Phi) is 5.64. The third-order valence-electron chi connectivity index (χ3n) is 4.80. The zero-order valence-corrected chi connectivity index (χ0v) is 15.9. The van der Waals surface area contributed by atoms with Crippen LogP contribution in [0.5, 0.6) is 0 Å². The number of aromatic nitrogens is 1. The number of fused-ring (bicyclic) bond motifs is 1. The minimum atomic E-state index is -0.644. The lowest BCUT2D eigenvalue weighted by molar-refractivity contribution is -0.123. The summed E-state index contributed by atoms with van der Waals surface area (Å²) >= 11 is 0. The number of hydrogen-bond acceptors (Lipinski definition) is 4. The summed E-state index contributed by atoms with van der Waals surface area (Å²) in [4.78, 5) is 26.9. The predicted molar refractivity (Wildman–Crippen MR) is 107 cm³/mol. The van der Waals surface area contributed by atoms with Crippen LogP contribution < -0.4 is 16.0 Å². The Balaban J connectivity index is 1.66. The van der Waals surface area contributed by atoms with Crippen LogP contribution in [0.25, 0.3) is 11.1 Å². The van der Waals surface area contributed by atoms with Gasteiger partial charge in [0.25, 0.3) is 0 Å². The second kappa shape index (κ2) is 8.12. The van der Waals surface area contributed by atoms with Crippen LogP contribution in [0.1, 0.15) is 25.5 Å². The first-order valence-corrected chi connectivity index (χ1v) is 9.21. The molecule has 2 aromatic carbocycles. The zero-order valence-electron chi connectivity index (χ0n) is 15.9. The average Bonchev–Trinajstić information content (AvgIpc) is 3.01. The van der Waals surface area contributed by atoms with E-state index in [1.807, 2.05) is 18.2 Å². The minimum Gasteiger partial charge on any atom is -0.408 e. The smallest absolute Gasteiger partial charge is 0.408 e. The van der Waals surface area contributed by atoms with Gasteiger partial charge in [-0.2, -0.15) is 0 Å². The number of carbonyl (C=O) groups is 1. The number of amides is 1. The summed E-state index contributed by atoms with van der Waals surface area (Å²) in [7, 11) is 0. The van der Waals surface area contributed by atoms with Crippen LogP contribution in [0.2, 0.25) is 0 Å². The van der Waals surface area contributed by atoms with Crippen molar-refractivity contribution in [3.63, 3.8) is 0 Å². The molecule has 0 saturated carbocycles. The van der Waals surface area contributed by atoms with Crippen LogP contribution in [-0.4, -0.2) is 30.1 Å². The highest BCUT2D eigenvalue weighted by atomic mass is 16.4. The van der Waals surface area contributed by atoms with E-state index < -0.39 is 11.8 Å². The second-order valence-electron chi connectivity index (χ2n) is 6.54. The van der Waals surface area contributed by atoms with Crippen LogP contribution in [-0.2, 0) is 4.79 Å². The first kappa shape index (κ1) is 18.8. The van der Waals surface area contributed by atoms with Gasteiger partial charge in [-0.1, -0.05) is 30.3 Å². The van der Waals surface area contributed by atoms with Gasteiger partial charge in [-0.3, -0.25) is 9.36 Å². The van der Waals surface area contributed by atoms with Gasteiger partial charge in [0.1, 0.15) is 6.04 Å². The Labute approximate surface area is 158 Å². The standard InChI is InChI=1S/C21H25N3O3/c1-4-23(17-10-6-5-9-15(17)2)14-13-22-20(25)16(3)24-18-11-7-8-12-19(18)27-21(24)26/h5-12,16H,4,13-14H2,1-3H3,(H,22,25). The number of para-hydroxylation sites is 3. The fraction of sp³-hybridized carbons (Fsp3) is 0.333. The van der Waals surface area contributed by atoms with Crippen LogP contribution >= 0.6 is 0 Å². The first-order valence-electron chi connectivity index (χ1n) is 9.21. The fourth-order valence-corrected chi connectivity index (χ4v) is 3.30. The highest BCUT2D eigenvalue weighted by Crippen LogP contribution is 2.19.